The molecule has 0 saturated carbocycles. The first kappa shape index (κ1) is 3.41. The Labute approximate surface area is 23.6 Å². The molecular weight excluding hydrogens is 57.8 g/mol. The van der Waals surface area contributed by atoms with E-state index in [1.807, 2.05) is 0 Å². The topological polar surface area (TPSA) is 28.1 Å². The van der Waals surface area contributed by atoms with E-state index in [1.54, 1.807) is 0 Å². The first-order valence-corrected chi connectivity index (χ1v) is 0.783. The van der Waals surface area contributed by atoms with Crippen LogP contribution < -0.4 is 0 Å². The van der Waals surface area contributed by atoms with Gasteiger partial charge in [-0.3, -0.25) is 0 Å². The molecule has 0 fully saturated rings. The summed E-state index contributed by atoms with van der Waals surface area (Å²) in [5.41, 5.74) is 0. The van der Waals surface area contributed by atoms with Crippen LogP contribution in [-0.4, -0.2) is 7.69 Å². The summed E-state index contributed by atoms with van der Waals surface area (Å²) in [6, 6.07) is 0. The van der Waals surface area contributed by atoms with Gasteiger partial charge in [0.05, 0.1) is 0 Å². The summed E-state index contributed by atoms with van der Waals surface area (Å²) in [7, 11) is -1.00. The second-order valence-corrected chi connectivity index (χ2v) is 0.261. The molecule has 4 heteroatoms. The monoisotopic (exact) mass is 59.0 g/mol. The van der Waals surface area contributed by atoms with Crippen molar-refractivity contribution in [2.45, 2.75) is 0 Å². The predicted molar refractivity (Wildman–Crippen MR) is 13.3 cm³/mol. The largest absolute Gasteiger partial charge is 0.876 e. The van der Waals surface area contributed by atoms with E-state index in [0.29, 0.717) is 0 Å². The summed E-state index contributed by atoms with van der Waals surface area (Å²) in [5, 5.41) is 7.12. The highest BCUT2D eigenvalue weighted by Crippen LogP contribution is 1.52. The van der Waals surface area contributed by atoms with Gasteiger partial charge in [0, 0.05) is 4.89 Å². The number of diazo groups is 1. The second-order valence-electron chi connectivity index (χ2n) is 0.261. The fourth-order valence-corrected chi connectivity index (χ4v) is 0. The molecule has 0 saturated heterocycles. The fraction of sp³-hybridized carbons (Fsp3) is 0. The van der Waals surface area contributed by atoms with Crippen LogP contribution in [0.25, 0.3) is 4.89 Å². The summed E-state index contributed by atoms with van der Waals surface area (Å²) < 4.78 is 10.3. The summed E-state index contributed by atoms with van der Waals surface area (Å²) in [6.07, 6.45) is 0. The van der Waals surface area contributed by atoms with Gasteiger partial charge in [-0.1, -0.05) is 0 Å². The maximum atomic E-state index is 10.3. The van der Waals surface area contributed by atoms with E-state index >= 15 is 0 Å². The molecule has 0 N–H and O–H groups in total. The zero-order valence-electron chi connectivity index (χ0n) is 1.98. The Morgan fingerprint density at radius 1 is 2.00 bits per heavy atom. The van der Waals surface area contributed by atoms with Crippen LogP contribution in [0.5, 0.6) is 0 Å². The predicted octanol–water partition coefficient (Wildman–Crippen LogP) is 0.0755. The van der Waals surface area contributed by atoms with Gasteiger partial charge < -0.3 is 0 Å². The summed E-state index contributed by atoms with van der Waals surface area (Å²) in [5.74, 6) is 0. The van der Waals surface area contributed by atoms with Crippen LogP contribution in [0.3, 0.4) is 0 Å². The van der Waals surface area contributed by atoms with Crippen LogP contribution in [0, 0.1) is 5.39 Å². The van der Waals surface area contributed by atoms with Gasteiger partial charge in [0.1, 0.15) is 0 Å². The highest BCUT2D eigenvalue weighted by atomic mass is 19.1. The van der Waals surface area contributed by atoms with E-state index in [0.717, 1.165) is 0 Å². The van der Waals surface area contributed by atoms with Crippen molar-refractivity contribution in [1.29, 1.82) is 5.39 Å². The van der Waals surface area contributed by atoms with Gasteiger partial charge in [-0.2, -0.15) is 0 Å². The van der Waals surface area contributed by atoms with Gasteiger partial charge >= 0.3 is 7.69 Å². The molecule has 0 bridgehead atoms. The zero-order chi connectivity index (χ0) is 3.41. The Balaban J connectivity index is 2.43. The van der Waals surface area contributed by atoms with E-state index in [9.17, 15) is 4.32 Å². The van der Waals surface area contributed by atoms with E-state index < -0.39 is 7.69 Å². The van der Waals surface area contributed by atoms with Crippen molar-refractivity contribution >= 4 is 7.69 Å². The minimum absolute atomic E-state index is 1.00. The van der Waals surface area contributed by atoms with Crippen molar-refractivity contribution in [3.63, 3.8) is 0 Å². The van der Waals surface area contributed by atoms with Gasteiger partial charge in [-0.05, 0) is 0 Å². The van der Waals surface area contributed by atoms with E-state index in [1.165, 1.54) is 0 Å². The Kier molecular flexibility index (Phi) is 2.06. The van der Waals surface area contributed by atoms with Gasteiger partial charge in [0.25, 0.3) is 0 Å². The molecule has 0 spiro atoms. The molecule has 0 amide bonds. The average molecular weight is 58.8 g/mol. The van der Waals surface area contributed by atoms with Crippen LogP contribution in [0.4, 0.5) is 4.32 Å². The minimum Gasteiger partial charge on any atom is -0.234 e. The van der Waals surface area contributed by atoms with Gasteiger partial charge in [0.15, 0.2) is 5.39 Å². The molecule has 0 aliphatic heterocycles. The second kappa shape index (κ2) is 2.41. The highest BCUT2D eigenvalue weighted by Gasteiger charge is 1.93. The summed E-state index contributed by atoms with van der Waals surface area (Å²) in [4.78, 5) is 2.07. The van der Waals surface area contributed by atoms with Crippen molar-refractivity contribution < 1.29 is 4.32 Å². The van der Waals surface area contributed by atoms with Gasteiger partial charge in [-0.15, -0.1) is 0 Å². The van der Waals surface area contributed by atoms with Crippen molar-refractivity contribution in [1.82, 2.24) is 0 Å². The molecule has 0 aliphatic carbocycles. The number of halogens is 1. The number of rotatable bonds is 0. The number of nitrogens with zero attached hydrogens (tertiary/aromatic N) is 2. The third kappa shape index (κ3) is 1.41. The van der Waals surface area contributed by atoms with Crippen molar-refractivity contribution in [2.75, 3.05) is 0 Å². The molecule has 4 heavy (non-hydrogen) atoms. The van der Waals surface area contributed by atoms with Crippen LogP contribution in [-0.2, 0) is 0 Å². The molecule has 0 aliphatic rings. The van der Waals surface area contributed by atoms with Crippen LogP contribution in [0.15, 0.2) is 0 Å². The zero-order valence-corrected chi connectivity index (χ0v) is 1.98. The third-order valence-electron chi connectivity index (χ3n) is 0.0535. The van der Waals surface area contributed by atoms with Crippen molar-refractivity contribution in [3.05, 3.63) is 4.89 Å². The Morgan fingerprint density at radius 2 is 2.25 bits per heavy atom. The SMILES string of the molecule is N#[N+]BF. The van der Waals surface area contributed by atoms with Gasteiger partial charge in [-0.25, -0.2) is 4.32 Å². The lowest BCUT2D eigenvalue weighted by Gasteiger charge is -1.19. The van der Waals surface area contributed by atoms with Crippen LogP contribution >= 0.6 is 0 Å². The summed E-state index contributed by atoms with van der Waals surface area (Å²) >= 11 is 0. The molecule has 0 aromatic rings. The van der Waals surface area contributed by atoms with Crippen molar-refractivity contribution in [2.24, 2.45) is 0 Å². The normalized spacial score (nSPS) is 4.00. The average Bonchev–Trinajstić information content (AvgIpc) is 1.37. The summed E-state index contributed by atoms with van der Waals surface area (Å²) in [6.45, 7) is 0. The Morgan fingerprint density at radius 3 is 2.25 bits per heavy atom. The lowest BCUT2D eigenvalue weighted by molar-refractivity contribution is 0.880. The van der Waals surface area contributed by atoms with Gasteiger partial charge in [0.2, 0.25) is 0 Å². The molecule has 20 valence electrons. The molecule has 0 aromatic heterocycles. The lowest BCUT2D eigenvalue weighted by Crippen LogP contribution is -1.52. The molecule has 0 atom stereocenters. The Bertz CT molecular complexity index is 35.8. The van der Waals surface area contributed by atoms with E-state index in [4.69, 9.17) is 5.39 Å². The number of hydrogen-bond donors (Lipinski definition) is 0. The Hall–Kier alpha value is -0.585. The molecular formula is HBFN2+. The third-order valence-corrected chi connectivity index (χ3v) is 0.0535. The van der Waals surface area contributed by atoms with E-state index in [-0.39, 0.29) is 0 Å². The lowest BCUT2D eigenvalue weighted by atomic mass is 10.4. The minimum atomic E-state index is -1.00. The van der Waals surface area contributed by atoms with Crippen LogP contribution in [0.2, 0.25) is 0 Å². The molecule has 0 unspecified atom stereocenters. The number of hydrogen-bond acceptors (Lipinski definition) is 1. The molecule has 0 heterocycles. The smallest absolute Gasteiger partial charge is 0.234 e. The quantitative estimate of drug-likeness (QED) is 0.286. The van der Waals surface area contributed by atoms with E-state index in [2.05, 4.69) is 4.89 Å². The molecule has 0 radical (unpaired) electrons. The molecule has 2 nitrogen and oxygen atoms in total. The standard InChI is InChI=1S/BFHN2/c2-1-4-3/h1H/q+1. The van der Waals surface area contributed by atoms with Crippen LogP contribution in [0.1, 0.15) is 0 Å². The fourth-order valence-electron chi connectivity index (χ4n) is 0. The van der Waals surface area contributed by atoms with Crippen molar-refractivity contribution in [3.8, 4) is 0 Å². The first-order valence-electron chi connectivity index (χ1n) is 0.783. The molecule has 0 aromatic carbocycles. The first-order chi connectivity index (χ1) is 1.91. The maximum Gasteiger partial charge on any atom is 0.876 e. The molecule has 0 rings (SSSR count). The maximum absolute atomic E-state index is 10.3. The highest BCUT2D eigenvalue weighted by molar-refractivity contribution is 6.30.